The lowest BCUT2D eigenvalue weighted by Gasteiger charge is -2.15. The van der Waals surface area contributed by atoms with Crippen LogP contribution in [0.3, 0.4) is 0 Å². The van der Waals surface area contributed by atoms with Crippen LogP contribution in [0.25, 0.3) is 10.9 Å². The first kappa shape index (κ1) is 16.6. The summed E-state index contributed by atoms with van der Waals surface area (Å²) in [7, 11) is 1.86. The number of nitrogens with zero attached hydrogens (tertiary/aromatic N) is 1. The van der Waals surface area contributed by atoms with Gasteiger partial charge in [0.15, 0.2) is 0 Å². The Labute approximate surface area is 149 Å². The number of rotatable bonds is 4. The molecule has 4 nitrogen and oxygen atoms in total. The van der Waals surface area contributed by atoms with E-state index in [9.17, 15) is 13.6 Å². The molecule has 0 saturated heterocycles. The van der Waals surface area contributed by atoms with Gasteiger partial charge in [-0.25, -0.2) is 0 Å². The summed E-state index contributed by atoms with van der Waals surface area (Å²) >= 11 is 0. The summed E-state index contributed by atoms with van der Waals surface area (Å²) in [4.78, 5) is 12.8. The lowest BCUT2D eigenvalue weighted by Crippen LogP contribution is -2.28. The average Bonchev–Trinajstić information content (AvgIpc) is 3.16. The maximum atomic E-state index is 12.8. The van der Waals surface area contributed by atoms with E-state index in [1.54, 1.807) is 18.2 Å². The van der Waals surface area contributed by atoms with E-state index in [2.05, 4.69) is 10.1 Å². The van der Waals surface area contributed by atoms with Crippen LogP contribution in [0, 0.1) is 0 Å². The van der Waals surface area contributed by atoms with Crippen LogP contribution in [0.5, 0.6) is 5.75 Å². The van der Waals surface area contributed by atoms with Gasteiger partial charge in [-0.3, -0.25) is 4.79 Å². The number of aryl methyl sites for hydroxylation is 2. The molecule has 0 radical (unpaired) electrons. The van der Waals surface area contributed by atoms with Crippen LogP contribution in [0.4, 0.5) is 8.78 Å². The zero-order valence-corrected chi connectivity index (χ0v) is 14.2. The van der Waals surface area contributed by atoms with Gasteiger partial charge in [-0.05, 0) is 48.2 Å². The van der Waals surface area contributed by atoms with Gasteiger partial charge in [0.1, 0.15) is 11.4 Å². The van der Waals surface area contributed by atoms with Gasteiger partial charge in [0.05, 0.1) is 6.04 Å². The zero-order chi connectivity index (χ0) is 18.3. The molecule has 0 spiro atoms. The highest BCUT2D eigenvalue weighted by molar-refractivity contribution is 5.98. The summed E-state index contributed by atoms with van der Waals surface area (Å²) in [5.74, 6) is -0.0637. The first-order valence-electron chi connectivity index (χ1n) is 8.46. The minimum absolute atomic E-state index is 0.115. The Kier molecular flexibility index (Phi) is 4.11. The van der Waals surface area contributed by atoms with Crippen molar-refractivity contribution in [1.82, 2.24) is 9.88 Å². The smallest absolute Gasteiger partial charge is 0.387 e. The lowest BCUT2D eigenvalue weighted by atomic mass is 10.1. The summed E-state index contributed by atoms with van der Waals surface area (Å²) in [6, 6.07) is 14.4. The normalized spacial score (nSPS) is 16.1. The van der Waals surface area contributed by atoms with Crippen molar-refractivity contribution in [3.05, 3.63) is 65.4 Å². The highest BCUT2D eigenvalue weighted by atomic mass is 19.3. The quantitative estimate of drug-likeness (QED) is 0.761. The number of alkyl halides is 2. The van der Waals surface area contributed by atoms with Gasteiger partial charge in [0, 0.05) is 18.0 Å². The molecular weight excluding hydrogens is 338 g/mol. The predicted molar refractivity (Wildman–Crippen MR) is 94.5 cm³/mol. The summed E-state index contributed by atoms with van der Waals surface area (Å²) in [6.07, 6.45) is 1.54. The molecule has 1 amide bonds. The summed E-state index contributed by atoms with van der Waals surface area (Å²) in [5, 5.41) is 4.03. The molecule has 134 valence electrons. The molecule has 1 N–H and O–H groups in total. The highest BCUT2D eigenvalue weighted by Gasteiger charge is 2.26. The van der Waals surface area contributed by atoms with Crippen LogP contribution >= 0.6 is 0 Å². The van der Waals surface area contributed by atoms with Crippen molar-refractivity contribution in [1.29, 1.82) is 0 Å². The number of amides is 1. The molecule has 1 aliphatic carbocycles. The van der Waals surface area contributed by atoms with E-state index in [1.165, 1.54) is 0 Å². The third kappa shape index (κ3) is 2.92. The first-order chi connectivity index (χ1) is 12.5. The number of aromatic nitrogens is 1. The molecule has 0 aliphatic heterocycles. The van der Waals surface area contributed by atoms with Gasteiger partial charge >= 0.3 is 6.61 Å². The van der Waals surface area contributed by atoms with Crippen molar-refractivity contribution in [2.75, 3.05) is 0 Å². The van der Waals surface area contributed by atoms with Crippen LogP contribution in [0.2, 0.25) is 0 Å². The monoisotopic (exact) mass is 356 g/mol. The van der Waals surface area contributed by atoms with E-state index >= 15 is 0 Å². The van der Waals surface area contributed by atoms with Gasteiger partial charge in [0.2, 0.25) is 0 Å². The largest absolute Gasteiger partial charge is 0.435 e. The number of fused-ring (bicyclic) bond motifs is 2. The van der Waals surface area contributed by atoms with Crippen molar-refractivity contribution >= 4 is 16.8 Å². The molecule has 0 fully saturated rings. The van der Waals surface area contributed by atoms with Crippen molar-refractivity contribution < 1.29 is 18.3 Å². The van der Waals surface area contributed by atoms with Crippen LogP contribution in [-0.2, 0) is 13.5 Å². The van der Waals surface area contributed by atoms with Gasteiger partial charge < -0.3 is 14.6 Å². The van der Waals surface area contributed by atoms with E-state index in [4.69, 9.17) is 0 Å². The molecule has 3 aromatic rings. The van der Waals surface area contributed by atoms with Crippen molar-refractivity contribution in [2.24, 2.45) is 7.05 Å². The van der Waals surface area contributed by atoms with Crippen LogP contribution < -0.4 is 10.1 Å². The van der Waals surface area contributed by atoms with Crippen molar-refractivity contribution in [2.45, 2.75) is 25.5 Å². The Hall–Kier alpha value is -2.89. The fourth-order valence-corrected chi connectivity index (χ4v) is 3.65. The Morgan fingerprint density at radius 2 is 2.04 bits per heavy atom. The molecular formula is C20H18F2N2O2. The molecule has 0 bridgehead atoms. The Balaban J connectivity index is 1.58. The van der Waals surface area contributed by atoms with Crippen LogP contribution in [-0.4, -0.2) is 17.1 Å². The third-order valence-electron chi connectivity index (χ3n) is 4.91. The second kappa shape index (κ2) is 6.44. The molecule has 0 unspecified atom stereocenters. The number of hydrogen-bond donors (Lipinski definition) is 1. The zero-order valence-electron chi connectivity index (χ0n) is 14.2. The number of halogens is 2. The number of carbonyl (C=O) groups is 1. The number of nitrogens with one attached hydrogen (secondary N) is 1. The van der Waals surface area contributed by atoms with Gasteiger partial charge in [-0.1, -0.05) is 24.3 Å². The van der Waals surface area contributed by atoms with E-state index in [0.717, 1.165) is 34.9 Å². The van der Waals surface area contributed by atoms with Crippen LogP contribution in [0.15, 0.2) is 48.5 Å². The molecule has 1 aromatic heterocycles. The first-order valence-corrected chi connectivity index (χ1v) is 8.46. The van der Waals surface area contributed by atoms with Crippen molar-refractivity contribution in [3.8, 4) is 5.75 Å². The molecule has 1 atom stereocenters. The number of benzene rings is 2. The number of hydrogen-bond acceptors (Lipinski definition) is 2. The molecule has 26 heavy (non-hydrogen) atoms. The van der Waals surface area contributed by atoms with Gasteiger partial charge in [-0.2, -0.15) is 8.78 Å². The number of ether oxygens (including phenoxy) is 1. The lowest BCUT2D eigenvalue weighted by molar-refractivity contribution is -0.0499. The minimum atomic E-state index is -2.86. The summed E-state index contributed by atoms with van der Waals surface area (Å²) in [5.41, 5.74) is 3.45. The minimum Gasteiger partial charge on any atom is -0.435 e. The predicted octanol–water partition coefficient (Wildman–Crippen LogP) is 4.20. The SMILES string of the molecule is Cn1c(C(=O)N[C@H]2CCc3ccc(OC(F)F)cc32)cc2ccccc21. The fourth-order valence-electron chi connectivity index (χ4n) is 3.65. The Bertz CT molecular complexity index is 981. The summed E-state index contributed by atoms with van der Waals surface area (Å²) < 4.78 is 31.2. The van der Waals surface area contributed by atoms with E-state index in [0.29, 0.717) is 5.69 Å². The topological polar surface area (TPSA) is 43.3 Å². The standard InChI is InChI=1S/C20H18F2N2O2/c1-24-17-5-3-2-4-13(17)10-18(24)19(25)23-16-9-7-12-6-8-14(11-15(12)16)26-20(21)22/h2-6,8,10-11,16,20H,7,9H2,1H3,(H,23,25)/t16-/m0/s1. The second-order valence-electron chi connectivity index (χ2n) is 6.45. The van der Waals surface area contributed by atoms with Crippen molar-refractivity contribution in [3.63, 3.8) is 0 Å². The highest BCUT2D eigenvalue weighted by Crippen LogP contribution is 2.34. The second-order valence-corrected chi connectivity index (χ2v) is 6.45. The molecule has 2 aromatic carbocycles. The van der Waals surface area contributed by atoms with Crippen LogP contribution in [0.1, 0.15) is 34.1 Å². The maximum Gasteiger partial charge on any atom is 0.387 e. The third-order valence-corrected chi connectivity index (χ3v) is 4.91. The molecule has 1 aliphatic rings. The maximum absolute atomic E-state index is 12.8. The van der Waals surface area contributed by atoms with E-state index in [1.807, 2.05) is 41.9 Å². The summed E-state index contributed by atoms with van der Waals surface area (Å²) in [6.45, 7) is -2.86. The molecule has 6 heteroatoms. The van der Waals surface area contributed by atoms with E-state index < -0.39 is 6.61 Å². The number of para-hydroxylation sites is 1. The van der Waals surface area contributed by atoms with E-state index in [-0.39, 0.29) is 17.7 Å². The average molecular weight is 356 g/mol. The van der Waals surface area contributed by atoms with Gasteiger partial charge in [-0.15, -0.1) is 0 Å². The Morgan fingerprint density at radius 3 is 2.81 bits per heavy atom. The molecule has 4 rings (SSSR count). The van der Waals surface area contributed by atoms with Gasteiger partial charge in [0.25, 0.3) is 5.91 Å². The Morgan fingerprint density at radius 1 is 1.23 bits per heavy atom. The molecule has 0 saturated carbocycles. The number of carbonyl (C=O) groups excluding carboxylic acids is 1. The molecule has 1 heterocycles. The fraction of sp³-hybridized carbons (Fsp3) is 0.250.